The van der Waals surface area contributed by atoms with Gasteiger partial charge in [0.15, 0.2) is 0 Å². The molecule has 0 bridgehead atoms. The van der Waals surface area contributed by atoms with Crippen LogP contribution in [-0.4, -0.2) is 43.8 Å². The maximum atomic E-state index is 5.98. The van der Waals surface area contributed by atoms with Gasteiger partial charge in [-0.2, -0.15) is 0 Å². The molecule has 0 fully saturated rings. The second-order valence-corrected chi connectivity index (χ2v) is 3.43. The molecule has 0 aromatic heterocycles. The molecule has 3 heteroatoms. The maximum Gasteiger partial charge on any atom is 0.0589 e. The van der Waals surface area contributed by atoms with Gasteiger partial charge < -0.3 is 10.5 Å². The Bertz CT molecular complexity index is 119. The van der Waals surface area contributed by atoms with Gasteiger partial charge in [0, 0.05) is 25.7 Å². The van der Waals surface area contributed by atoms with Crippen molar-refractivity contribution in [3.05, 3.63) is 0 Å². The molecule has 0 rings (SSSR count). The second-order valence-electron chi connectivity index (χ2n) is 3.43. The molecule has 0 aliphatic rings. The van der Waals surface area contributed by atoms with E-state index in [1.807, 2.05) is 0 Å². The first-order valence-corrected chi connectivity index (χ1v) is 5.15. The molecule has 3 nitrogen and oxygen atoms in total. The summed E-state index contributed by atoms with van der Waals surface area (Å²) in [5.41, 5.74) is 5.98. The third-order valence-corrected chi connectivity index (χ3v) is 2.66. The van der Waals surface area contributed by atoms with Crippen LogP contribution in [0.4, 0.5) is 0 Å². The molecule has 0 spiro atoms. The van der Waals surface area contributed by atoms with E-state index in [9.17, 15) is 0 Å². The molecule has 0 aliphatic carbocycles. The van der Waals surface area contributed by atoms with E-state index in [1.54, 1.807) is 7.11 Å². The lowest BCUT2D eigenvalue weighted by molar-refractivity contribution is 0.118. The van der Waals surface area contributed by atoms with Crippen molar-refractivity contribution in [1.82, 2.24) is 4.90 Å². The van der Waals surface area contributed by atoms with Gasteiger partial charge in [0.25, 0.3) is 0 Å². The fourth-order valence-corrected chi connectivity index (χ4v) is 1.47. The van der Waals surface area contributed by atoms with Gasteiger partial charge in [-0.05, 0) is 19.9 Å². The Morgan fingerprint density at radius 2 is 2.00 bits per heavy atom. The summed E-state index contributed by atoms with van der Waals surface area (Å²) in [4.78, 5) is 2.36. The Hall–Kier alpha value is -0.120. The number of methoxy groups -OCH3 is 1. The van der Waals surface area contributed by atoms with E-state index in [4.69, 9.17) is 10.5 Å². The van der Waals surface area contributed by atoms with Crippen LogP contribution in [0.25, 0.3) is 0 Å². The smallest absolute Gasteiger partial charge is 0.0589 e. The Kier molecular flexibility index (Phi) is 7.23. The van der Waals surface area contributed by atoms with Crippen LogP contribution in [0.5, 0.6) is 0 Å². The molecule has 0 amide bonds. The lowest BCUT2D eigenvalue weighted by Crippen LogP contribution is -2.46. The first-order valence-electron chi connectivity index (χ1n) is 5.15. The minimum Gasteiger partial charge on any atom is -0.383 e. The molecule has 13 heavy (non-hydrogen) atoms. The molecule has 0 radical (unpaired) electrons. The second kappa shape index (κ2) is 7.30. The van der Waals surface area contributed by atoms with Crippen LogP contribution >= 0.6 is 0 Å². The van der Waals surface area contributed by atoms with E-state index in [0.717, 1.165) is 26.1 Å². The third-order valence-electron chi connectivity index (χ3n) is 2.66. The van der Waals surface area contributed by atoms with Crippen molar-refractivity contribution in [2.45, 2.75) is 39.3 Å². The highest BCUT2D eigenvalue weighted by atomic mass is 16.5. The number of ether oxygens (including phenoxy) is 1. The van der Waals surface area contributed by atoms with Gasteiger partial charge in [0.2, 0.25) is 0 Å². The molecule has 80 valence electrons. The minimum absolute atomic E-state index is 0.275. The summed E-state index contributed by atoms with van der Waals surface area (Å²) in [5, 5.41) is 0. The third kappa shape index (κ3) is 4.60. The van der Waals surface area contributed by atoms with Crippen LogP contribution in [-0.2, 0) is 4.74 Å². The van der Waals surface area contributed by atoms with E-state index < -0.39 is 0 Å². The average molecular weight is 188 g/mol. The van der Waals surface area contributed by atoms with Gasteiger partial charge >= 0.3 is 0 Å². The normalized spacial score (nSPS) is 16.2. The molecule has 0 heterocycles. The van der Waals surface area contributed by atoms with Crippen molar-refractivity contribution in [3.63, 3.8) is 0 Å². The summed E-state index contributed by atoms with van der Waals surface area (Å²) < 4.78 is 5.06. The zero-order valence-electron chi connectivity index (χ0n) is 9.42. The van der Waals surface area contributed by atoms with Crippen molar-refractivity contribution in [1.29, 1.82) is 0 Å². The topological polar surface area (TPSA) is 38.5 Å². The van der Waals surface area contributed by atoms with Gasteiger partial charge in [-0.3, -0.25) is 4.90 Å². The van der Waals surface area contributed by atoms with Crippen molar-refractivity contribution < 1.29 is 4.74 Å². The van der Waals surface area contributed by atoms with Gasteiger partial charge in [0.05, 0.1) is 6.61 Å². The number of rotatable bonds is 7. The summed E-state index contributed by atoms with van der Waals surface area (Å²) in [7, 11) is 1.73. The summed E-state index contributed by atoms with van der Waals surface area (Å²) in [6.07, 6.45) is 1.03. The highest BCUT2D eigenvalue weighted by molar-refractivity contribution is 4.76. The average Bonchev–Trinajstić information content (AvgIpc) is 2.17. The standard InChI is InChI=1S/C10H24N2O/c1-5-10(11)9(3)12(6-2)7-8-13-4/h9-10H,5-8,11H2,1-4H3. The Morgan fingerprint density at radius 1 is 1.38 bits per heavy atom. The lowest BCUT2D eigenvalue weighted by atomic mass is 10.1. The van der Waals surface area contributed by atoms with Crippen LogP contribution in [0.15, 0.2) is 0 Å². The molecule has 0 aromatic carbocycles. The molecule has 0 aliphatic heterocycles. The maximum absolute atomic E-state index is 5.98. The molecule has 2 atom stereocenters. The van der Waals surface area contributed by atoms with Crippen molar-refractivity contribution in [2.24, 2.45) is 5.73 Å². The lowest BCUT2D eigenvalue weighted by Gasteiger charge is -2.31. The number of nitrogens with two attached hydrogens (primary N) is 1. The molecular formula is C10H24N2O. The highest BCUT2D eigenvalue weighted by Crippen LogP contribution is 2.04. The van der Waals surface area contributed by atoms with Gasteiger partial charge in [0.1, 0.15) is 0 Å². The molecule has 2 N–H and O–H groups in total. The first-order chi connectivity index (χ1) is 6.17. The number of nitrogens with zero attached hydrogens (tertiary/aromatic N) is 1. The molecule has 0 saturated carbocycles. The van der Waals surface area contributed by atoms with Crippen LogP contribution in [0, 0.1) is 0 Å². The summed E-state index contributed by atoms with van der Waals surface area (Å²) in [5.74, 6) is 0. The number of likely N-dealkylation sites (N-methyl/N-ethyl adjacent to an activating group) is 1. The van der Waals surface area contributed by atoms with E-state index in [-0.39, 0.29) is 6.04 Å². The zero-order valence-corrected chi connectivity index (χ0v) is 9.42. The number of hydrogen-bond donors (Lipinski definition) is 1. The quantitative estimate of drug-likeness (QED) is 0.650. The fraction of sp³-hybridized carbons (Fsp3) is 1.00. The van der Waals surface area contributed by atoms with Crippen LogP contribution in [0.2, 0.25) is 0 Å². The summed E-state index contributed by atoms with van der Waals surface area (Å²) in [6, 6.07) is 0.724. The van der Waals surface area contributed by atoms with Crippen LogP contribution in [0.1, 0.15) is 27.2 Å². The molecule has 0 aromatic rings. The monoisotopic (exact) mass is 188 g/mol. The Labute approximate surface area is 82.2 Å². The van der Waals surface area contributed by atoms with Crippen molar-refractivity contribution >= 4 is 0 Å². The van der Waals surface area contributed by atoms with E-state index in [2.05, 4.69) is 25.7 Å². The summed E-state index contributed by atoms with van der Waals surface area (Å²) in [6.45, 7) is 9.28. The predicted molar refractivity (Wildman–Crippen MR) is 56.9 cm³/mol. The molecule has 0 saturated heterocycles. The zero-order chi connectivity index (χ0) is 10.3. The highest BCUT2D eigenvalue weighted by Gasteiger charge is 2.16. The Balaban J connectivity index is 3.90. The number of hydrogen-bond acceptors (Lipinski definition) is 3. The molecule has 2 unspecified atom stereocenters. The SMILES string of the molecule is CCC(N)C(C)N(CC)CCOC. The van der Waals surface area contributed by atoms with Crippen LogP contribution in [0.3, 0.4) is 0 Å². The minimum atomic E-state index is 0.275. The first kappa shape index (κ1) is 12.9. The van der Waals surface area contributed by atoms with Gasteiger partial charge in [-0.1, -0.05) is 13.8 Å². The molecular weight excluding hydrogens is 164 g/mol. The van der Waals surface area contributed by atoms with Gasteiger partial charge in [-0.25, -0.2) is 0 Å². The summed E-state index contributed by atoms with van der Waals surface area (Å²) >= 11 is 0. The van der Waals surface area contributed by atoms with Crippen molar-refractivity contribution in [3.8, 4) is 0 Å². The van der Waals surface area contributed by atoms with Gasteiger partial charge in [-0.15, -0.1) is 0 Å². The van der Waals surface area contributed by atoms with E-state index in [0.29, 0.717) is 6.04 Å². The predicted octanol–water partition coefficient (Wildman–Crippen LogP) is 1.08. The fourth-order valence-electron chi connectivity index (χ4n) is 1.47. The van der Waals surface area contributed by atoms with Crippen LogP contribution < -0.4 is 5.73 Å². The Morgan fingerprint density at radius 3 is 2.38 bits per heavy atom. The van der Waals surface area contributed by atoms with Crippen molar-refractivity contribution in [2.75, 3.05) is 26.8 Å². The van der Waals surface area contributed by atoms with E-state index in [1.165, 1.54) is 0 Å². The largest absolute Gasteiger partial charge is 0.383 e. The van der Waals surface area contributed by atoms with E-state index >= 15 is 0 Å².